The quantitative estimate of drug-likeness (QED) is 0.908. The van der Waals surface area contributed by atoms with Gasteiger partial charge < -0.3 is 10.0 Å². The van der Waals surface area contributed by atoms with Crippen molar-refractivity contribution in [2.24, 2.45) is 5.92 Å². The molecule has 1 saturated heterocycles. The number of carboxylic acids is 1. The van der Waals surface area contributed by atoms with Crippen molar-refractivity contribution < 1.29 is 14.7 Å². The van der Waals surface area contributed by atoms with Gasteiger partial charge in [-0.2, -0.15) is 0 Å². The molecule has 5 heteroatoms. The molecule has 2 unspecified atom stereocenters. The van der Waals surface area contributed by atoms with Gasteiger partial charge in [0.25, 0.3) is 0 Å². The standard InChI is InChI=1S/C16H23NO3S/c1-10-8-9-12(21-10)14-11(15(19)20)6-5-7-13(18)17(14)16(2,3)4/h8-9,11,14H,5-7H2,1-4H3,(H,19,20). The third-order valence-electron chi connectivity index (χ3n) is 3.93. The Balaban J connectivity index is 2.54. The van der Waals surface area contributed by atoms with Crippen molar-refractivity contribution >= 4 is 23.2 Å². The minimum absolute atomic E-state index is 0.0577. The van der Waals surface area contributed by atoms with Crippen LogP contribution in [-0.4, -0.2) is 27.4 Å². The lowest BCUT2D eigenvalue weighted by Gasteiger charge is -2.42. The Bertz CT molecular complexity index is 544. The lowest BCUT2D eigenvalue weighted by Crippen LogP contribution is -2.49. The third kappa shape index (κ3) is 3.28. The number of aryl methyl sites for hydroxylation is 1. The molecule has 1 aliphatic rings. The van der Waals surface area contributed by atoms with Gasteiger partial charge in [-0.1, -0.05) is 0 Å². The monoisotopic (exact) mass is 309 g/mol. The van der Waals surface area contributed by atoms with Crippen LogP contribution in [0, 0.1) is 12.8 Å². The maximum Gasteiger partial charge on any atom is 0.308 e. The van der Waals surface area contributed by atoms with Gasteiger partial charge in [0, 0.05) is 21.7 Å². The van der Waals surface area contributed by atoms with E-state index in [0.717, 1.165) is 9.75 Å². The van der Waals surface area contributed by atoms with Crippen LogP contribution in [-0.2, 0) is 9.59 Å². The summed E-state index contributed by atoms with van der Waals surface area (Å²) in [5, 5.41) is 9.64. The summed E-state index contributed by atoms with van der Waals surface area (Å²) in [6, 6.07) is 3.60. The smallest absolute Gasteiger partial charge is 0.308 e. The Morgan fingerprint density at radius 2 is 2.05 bits per heavy atom. The van der Waals surface area contributed by atoms with Crippen LogP contribution in [0.5, 0.6) is 0 Å². The summed E-state index contributed by atoms with van der Waals surface area (Å²) in [6.45, 7) is 7.93. The molecule has 21 heavy (non-hydrogen) atoms. The minimum Gasteiger partial charge on any atom is -0.481 e. The van der Waals surface area contributed by atoms with Gasteiger partial charge >= 0.3 is 5.97 Å². The molecule has 116 valence electrons. The van der Waals surface area contributed by atoms with Crippen LogP contribution in [0.2, 0.25) is 0 Å². The van der Waals surface area contributed by atoms with Gasteiger partial charge in [-0.15, -0.1) is 11.3 Å². The van der Waals surface area contributed by atoms with Crippen molar-refractivity contribution in [3.05, 3.63) is 21.9 Å². The summed E-state index contributed by atoms with van der Waals surface area (Å²) < 4.78 is 0. The fraction of sp³-hybridized carbons (Fsp3) is 0.625. The summed E-state index contributed by atoms with van der Waals surface area (Å²) in [7, 11) is 0. The largest absolute Gasteiger partial charge is 0.481 e. The van der Waals surface area contributed by atoms with Gasteiger partial charge in [0.15, 0.2) is 0 Å². The highest BCUT2D eigenvalue weighted by molar-refractivity contribution is 7.12. The Morgan fingerprint density at radius 1 is 1.38 bits per heavy atom. The van der Waals surface area contributed by atoms with Gasteiger partial charge in [0.05, 0.1) is 12.0 Å². The van der Waals surface area contributed by atoms with Crippen LogP contribution in [0.1, 0.15) is 55.8 Å². The Labute approximate surface area is 129 Å². The second-order valence-corrected chi connectivity index (χ2v) is 7.98. The Kier molecular flexibility index (Phi) is 4.42. The number of likely N-dealkylation sites (tertiary alicyclic amines) is 1. The highest BCUT2D eigenvalue weighted by Gasteiger charge is 2.43. The summed E-state index contributed by atoms with van der Waals surface area (Å²) in [6.07, 6.45) is 1.63. The molecule has 2 rings (SSSR count). The number of amides is 1. The molecule has 0 saturated carbocycles. The van der Waals surface area contributed by atoms with E-state index in [1.807, 2.05) is 39.8 Å². The molecule has 1 amide bonds. The van der Waals surface area contributed by atoms with Gasteiger partial charge in [-0.25, -0.2) is 0 Å². The Morgan fingerprint density at radius 3 is 2.52 bits per heavy atom. The molecule has 0 aliphatic carbocycles. The zero-order valence-corrected chi connectivity index (χ0v) is 13.9. The maximum atomic E-state index is 12.6. The Hall–Kier alpha value is -1.36. The van der Waals surface area contributed by atoms with E-state index in [4.69, 9.17) is 0 Å². The first-order valence-corrected chi connectivity index (χ1v) is 8.15. The summed E-state index contributed by atoms with van der Waals surface area (Å²) >= 11 is 1.59. The highest BCUT2D eigenvalue weighted by atomic mass is 32.1. The normalized spacial score (nSPS) is 24.0. The second-order valence-electron chi connectivity index (χ2n) is 6.66. The van der Waals surface area contributed by atoms with E-state index in [-0.39, 0.29) is 11.9 Å². The second kappa shape index (κ2) is 5.79. The topological polar surface area (TPSA) is 57.6 Å². The molecular formula is C16H23NO3S. The molecule has 2 atom stereocenters. The van der Waals surface area contributed by atoms with Crippen molar-refractivity contribution in [3.63, 3.8) is 0 Å². The fourth-order valence-corrected chi connectivity index (χ4v) is 4.11. The lowest BCUT2D eigenvalue weighted by molar-refractivity contribution is -0.148. The molecule has 0 radical (unpaired) electrons. The third-order valence-corrected chi connectivity index (χ3v) is 5.00. The molecule has 1 fully saturated rings. The zero-order valence-electron chi connectivity index (χ0n) is 13.0. The van der Waals surface area contributed by atoms with E-state index in [0.29, 0.717) is 19.3 Å². The summed E-state index contributed by atoms with van der Waals surface area (Å²) in [5.41, 5.74) is -0.391. The maximum absolute atomic E-state index is 12.6. The summed E-state index contributed by atoms with van der Waals surface area (Å²) in [4.78, 5) is 28.2. The van der Waals surface area contributed by atoms with E-state index in [9.17, 15) is 14.7 Å². The molecular weight excluding hydrogens is 286 g/mol. The van der Waals surface area contributed by atoms with Crippen molar-refractivity contribution in [1.82, 2.24) is 4.90 Å². The minimum atomic E-state index is -0.810. The number of thiophene rings is 1. The molecule has 2 heterocycles. The van der Waals surface area contributed by atoms with Crippen LogP contribution in [0.4, 0.5) is 0 Å². The predicted octanol–water partition coefficient (Wildman–Crippen LogP) is 3.61. The average Bonchev–Trinajstić information content (AvgIpc) is 2.67. The first kappa shape index (κ1) is 16.0. The number of carboxylic acid groups (broad SMARTS) is 1. The number of hydrogen-bond acceptors (Lipinski definition) is 3. The van der Waals surface area contributed by atoms with Gasteiger partial charge in [-0.05, 0) is 52.7 Å². The van der Waals surface area contributed by atoms with Crippen molar-refractivity contribution in [1.29, 1.82) is 0 Å². The van der Waals surface area contributed by atoms with E-state index in [1.165, 1.54) is 0 Å². The first-order valence-electron chi connectivity index (χ1n) is 7.33. The number of carbonyl (C=O) groups excluding carboxylic acids is 1. The number of aliphatic carboxylic acids is 1. The molecule has 1 N–H and O–H groups in total. The number of hydrogen-bond donors (Lipinski definition) is 1. The SMILES string of the molecule is Cc1ccc(C2C(C(=O)O)CCCC(=O)N2C(C)(C)C)s1. The summed E-state index contributed by atoms with van der Waals surface area (Å²) in [5.74, 6) is -1.29. The molecule has 0 spiro atoms. The van der Waals surface area contributed by atoms with Crippen LogP contribution in [0.3, 0.4) is 0 Å². The first-order chi connectivity index (χ1) is 9.71. The van der Waals surface area contributed by atoms with Gasteiger partial charge in [0.1, 0.15) is 0 Å². The predicted molar refractivity (Wildman–Crippen MR) is 83.4 cm³/mol. The van der Waals surface area contributed by atoms with Gasteiger partial charge in [0.2, 0.25) is 5.91 Å². The van der Waals surface area contributed by atoms with Crippen molar-refractivity contribution in [2.45, 2.75) is 58.5 Å². The molecule has 1 aromatic rings. The average molecular weight is 309 g/mol. The molecule has 0 bridgehead atoms. The van der Waals surface area contributed by atoms with E-state index < -0.39 is 17.4 Å². The fourth-order valence-electron chi connectivity index (χ4n) is 3.07. The molecule has 1 aromatic heterocycles. The van der Waals surface area contributed by atoms with E-state index >= 15 is 0 Å². The molecule has 1 aliphatic heterocycles. The number of carbonyl (C=O) groups is 2. The van der Waals surface area contributed by atoms with Gasteiger partial charge in [-0.3, -0.25) is 9.59 Å². The zero-order chi connectivity index (χ0) is 15.8. The van der Waals surface area contributed by atoms with Crippen LogP contribution < -0.4 is 0 Å². The van der Waals surface area contributed by atoms with E-state index in [1.54, 1.807) is 16.2 Å². The lowest BCUT2D eigenvalue weighted by atomic mass is 9.90. The van der Waals surface area contributed by atoms with Crippen LogP contribution in [0.25, 0.3) is 0 Å². The van der Waals surface area contributed by atoms with Crippen LogP contribution in [0.15, 0.2) is 12.1 Å². The van der Waals surface area contributed by atoms with E-state index in [2.05, 4.69) is 0 Å². The number of rotatable bonds is 2. The van der Waals surface area contributed by atoms with Crippen molar-refractivity contribution in [3.8, 4) is 0 Å². The van der Waals surface area contributed by atoms with Crippen molar-refractivity contribution in [2.75, 3.05) is 0 Å². The molecule has 4 nitrogen and oxygen atoms in total. The molecule has 0 aromatic carbocycles. The van der Waals surface area contributed by atoms with Crippen LogP contribution >= 0.6 is 11.3 Å². The highest BCUT2D eigenvalue weighted by Crippen LogP contribution is 2.42. The number of nitrogens with zero attached hydrogens (tertiary/aromatic N) is 1.